The molecule has 0 saturated carbocycles. The van der Waals surface area contributed by atoms with Gasteiger partial charge in [0.05, 0.1) is 28.5 Å². The van der Waals surface area contributed by atoms with E-state index in [9.17, 15) is 9.59 Å². The first-order valence-corrected chi connectivity index (χ1v) is 5.89. The lowest BCUT2D eigenvalue weighted by molar-refractivity contribution is 0.0696. The van der Waals surface area contributed by atoms with Gasteiger partial charge in [-0.15, -0.1) is 0 Å². The second-order valence-corrected chi connectivity index (χ2v) is 4.53. The summed E-state index contributed by atoms with van der Waals surface area (Å²) in [4.78, 5) is 22.6. The van der Waals surface area contributed by atoms with Crippen molar-refractivity contribution in [1.82, 2.24) is 14.3 Å². The van der Waals surface area contributed by atoms with Crippen LogP contribution in [0.4, 0.5) is 0 Å². The second-order valence-electron chi connectivity index (χ2n) is 4.16. The minimum atomic E-state index is -1.13. The Labute approximate surface area is 113 Å². The van der Waals surface area contributed by atoms with E-state index in [0.717, 1.165) is 6.07 Å². The Morgan fingerprint density at radius 2 is 2.21 bits per heavy atom. The SMILES string of the molecule is Cc1nn(C)c(Cn2ccc(C(=O)O)cc2=O)c1Cl. The van der Waals surface area contributed by atoms with Crippen LogP contribution in [0.3, 0.4) is 0 Å². The topological polar surface area (TPSA) is 77.1 Å². The molecule has 0 spiro atoms. The summed E-state index contributed by atoms with van der Waals surface area (Å²) in [5.74, 6) is -1.13. The van der Waals surface area contributed by atoms with Gasteiger partial charge in [-0.3, -0.25) is 9.48 Å². The van der Waals surface area contributed by atoms with E-state index in [1.54, 1.807) is 18.7 Å². The van der Waals surface area contributed by atoms with Gasteiger partial charge < -0.3 is 9.67 Å². The molecule has 0 bridgehead atoms. The van der Waals surface area contributed by atoms with Crippen LogP contribution < -0.4 is 5.56 Å². The van der Waals surface area contributed by atoms with Crippen molar-refractivity contribution in [2.45, 2.75) is 13.5 Å². The number of carbonyl (C=O) groups is 1. The average Bonchev–Trinajstić information content (AvgIpc) is 2.58. The molecule has 0 aliphatic rings. The van der Waals surface area contributed by atoms with E-state index in [1.165, 1.54) is 16.8 Å². The molecule has 2 aromatic rings. The second kappa shape index (κ2) is 4.89. The number of aryl methyl sites for hydroxylation is 2. The van der Waals surface area contributed by atoms with Crippen LogP contribution in [0.25, 0.3) is 0 Å². The first-order chi connectivity index (χ1) is 8.90. The first kappa shape index (κ1) is 13.4. The molecule has 0 aromatic carbocycles. The van der Waals surface area contributed by atoms with Gasteiger partial charge in [-0.2, -0.15) is 5.10 Å². The van der Waals surface area contributed by atoms with Crippen LogP contribution in [0.2, 0.25) is 5.02 Å². The molecular weight excluding hydrogens is 270 g/mol. The number of carboxylic acids is 1. The van der Waals surface area contributed by atoms with Gasteiger partial charge in [-0.1, -0.05) is 11.6 Å². The molecule has 2 aromatic heterocycles. The highest BCUT2D eigenvalue weighted by molar-refractivity contribution is 6.31. The highest BCUT2D eigenvalue weighted by Crippen LogP contribution is 2.19. The summed E-state index contributed by atoms with van der Waals surface area (Å²) in [7, 11) is 1.74. The maximum absolute atomic E-state index is 11.8. The average molecular weight is 282 g/mol. The summed E-state index contributed by atoms with van der Waals surface area (Å²) in [6.45, 7) is 2.02. The number of aromatic carboxylic acids is 1. The van der Waals surface area contributed by atoms with E-state index in [1.807, 2.05) is 0 Å². The van der Waals surface area contributed by atoms with Crippen molar-refractivity contribution in [2.75, 3.05) is 0 Å². The number of aromatic nitrogens is 3. The van der Waals surface area contributed by atoms with Gasteiger partial charge in [0.15, 0.2) is 0 Å². The molecular formula is C12H12ClN3O3. The summed E-state index contributed by atoms with van der Waals surface area (Å²) in [6.07, 6.45) is 1.43. The molecule has 19 heavy (non-hydrogen) atoms. The van der Waals surface area contributed by atoms with Crippen molar-refractivity contribution in [3.05, 3.63) is 50.7 Å². The fourth-order valence-corrected chi connectivity index (χ4v) is 2.00. The molecule has 2 rings (SSSR count). The Morgan fingerprint density at radius 1 is 1.53 bits per heavy atom. The minimum Gasteiger partial charge on any atom is -0.478 e. The maximum atomic E-state index is 11.8. The summed E-state index contributed by atoms with van der Waals surface area (Å²) < 4.78 is 2.99. The normalized spacial score (nSPS) is 10.7. The standard InChI is InChI=1S/C12H12ClN3O3/c1-7-11(13)9(15(2)14-7)6-16-4-3-8(12(18)19)5-10(16)17/h3-5H,6H2,1-2H3,(H,18,19). The van der Waals surface area contributed by atoms with Crippen molar-refractivity contribution in [1.29, 1.82) is 0 Å². The highest BCUT2D eigenvalue weighted by atomic mass is 35.5. The summed E-state index contributed by atoms with van der Waals surface area (Å²) >= 11 is 6.11. The van der Waals surface area contributed by atoms with E-state index in [-0.39, 0.29) is 12.1 Å². The van der Waals surface area contributed by atoms with E-state index in [0.29, 0.717) is 16.4 Å². The molecule has 2 heterocycles. The van der Waals surface area contributed by atoms with Gasteiger partial charge in [-0.25, -0.2) is 4.79 Å². The van der Waals surface area contributed by atoms with E-state index in [2.05, 4.69) is 5.10 Å². The van der Waals surface area contributed by atoms with Crippen LogP contribution in [0.5, 0.6) is 0 Å². The molecule has 6 nitrogen and oxygen atoms in total. The van der Waals surface area contributed by atoms with Crippen LogP contribution >= 0.6 is 11.6 Å². The Bertz CT molecular complexity index is 703. The number of carboxylic acid groups (broad SMARTS) is 1. The summed E-state index contributed by atoms with van der Waals surface area (Å²) in [5.41, 5.74) is 0.960. The van der Waals surface area contributed by atoms with Gasteiger partial charge in [0.1, 0.15) is 0 Å². The lowest BCUT2D eigenvalue weighted by Gasteiger charge is -2.07. The number of pyridine rings is 1. The van der Waals surface area contributed by atoms with Crippen LogP contribution in [0.15, 0.2) is 23.1 Å². The predicted octanol–water partition coefficient (Wildman–Crippen LogP) is 1.29. The van der Waals surface area contributed by atoms with Crippen LogP contribution in [-0.2, 0) is 13.6 Å². The number of rotatable bonds is 3. The summed E-state index contributed by atoms with van der Waals surface area (Å²) in [6, 6.07) is 2.46. The highest BCUT2D eigenvalue weighted by Gasteiger charge is 2.12. The lowest BCUT2D eigenvalue weighted by Crippen LogP contribution is -2.22. The molecule has 7 heteroatoms. The monoisotopic (exact) mass is 281 g/mol. The van der Waals surface area contributed by atoms with Crippen LogP contribution in [-0.4, -0.2) is 25.4 Å². The fourth-order valence-electron chi connectivity index (χ4n) is 1.78. The summed E-state index contributed by atoms with van der Waals surface area (Å²) in [5, 5.41) is 13.5. The van der Waals surface area contributed by atoms with E-state index in [4.69, 9.17) is 16.7 Å². The molecule has 0 atom stereocenters. The molecule has 0 aliphatic heterocycles. The van der Waals surface area contributed by atoms with E-state index < -0.39 is 11.5 Å². The zero-order valence-electron chi connectivity index (χ0n) is 10.4. The molecule has 100 valence electrons. The molecule has 0 unspecified atom stereocenters. The van der Waals surface area contributed by atoms with Crippen molar-refractivity contribution in [3.63, 3.8) is 0 Å². The Morgan fingerprint density at radius 3 is 2.68 bits per heavy atom. The molecule has 0 saturated heterocycles. The van der Waals surface area contributed by atoms with Crippen LogP contribution in [0, 0.1) is 6.92 Å². The Hall–Kier alpha value is -2.08. The third-order valence-electron chi connectivity index (χ3n) is 2.82. The Kier molecular flexibility index (Phi) is 3.44. The first-order valence-electron chi connectivity index (χ1n) is 5.52. The van der Waals surface area contributed by atoms with Gasteiger partial charge in [0.25, 0.3) is 5.56 Å². The van der Waals surface area contributed by atoms with Crippen LogP contribution in [0.1, 0.15) is 21.7 Å². The van der Waals surface area contributed by atoms with Gasteiger partial charge in [-0.05, 0) is 13.0 Å². The quantitative estimate of drug-likeness (QED) is 0.920. The third-order valence-corrected chi connectivity index (χ3v) is 3.32. The molecule has 0 amide bonds. The maximum Gasteiger partial charge on any atom is 0.335 e. The van der Waals surface area contributed by atoms with Crippen molar-refractivity contribution >= 4 is 17.6 Å². The van der Waals surface area contributed by atoms with Gasteiger partial charge >= 0.3 is 5.97 Å². The molecule has 0 aliphatic carbocycles. The van der Waals surface area contributed by atoms with Crippen molar-refractivity contribution in [2.24, 2.45) is 7.05 Å². The number of halogens is 1. The lowest BCUT2D eigenvalue weighted by atomic mass is 10.2. The largest absolute Gasteiger partial charge is 0.478 e. The van der Waals surface area contributed by atoms with Gasteiger partial charge in [0, 0.05) is 19.3 Å². The minimum absolute atomic E-state index is 0.0338. The smallest absolute Gasteiger partial charge is 0.335 e. The molecule has 0 radical (unpaired) electrons. The number of nitrogens with zero attached hydrogens (tertiary/aromatic N) is 3. The number of hydrogen-bond acceptors (Lipinski definition) is 3. The number of hydrogen-bond donors (Lipinski definition) is 1. The molecule has 0 fully saturated rings. The van der Waals surface area contributed by atoms with Crippen molar-refractivity contribution in [3.8, 4) is 0 Å². The molecule has 1 N–H and O–H groups in total. The Balaban J connectivity index is 2.39. The van der Waals surface area contributed by atoms with E-state index >= 15 is 0 Å². The zero-order chi connectivity index (χ0) is 14.2. The van der Waals surface area contributed by atoms with Crippen molar-refractivity contribution < 1.29 is 9.90 Å². The predicted molar refractivity (Wildman–Crippen MR) is 69.7 cm³/mol. The van der Waals surface area contributed by atoms with Gasteiger partial charge in [0.2, 0.25) is 0 Å². The zero-order valence-corrected chi connectivity index (χ0v) is 11.2. The third kappa shape index (κ3) is 2.53. The fraction of sp³-hybridized carbons (Fsp3) is 0.250.